The second kappa shape index (κ2) is 9.69. The molecule has 0 bridgehead atoms. The minimum absolute atomic E-state index is 0.00760. The summed E-state index contributed by atoms with van der Waals surface area (Å²) in [6.45, 7) is 1.45. The van der Waals surface area contributed by atoms with E-state index in [2.05, 4.69) is 0 Å². The molecule has 0 aliphatic carbocycles. The lowest BCUT2D eigenvalue weighted by Gasteiger charge is -2.21. The molecule has 0 aliphatic rings. The molecule has 2 amide bonds. The van der Waals surface area contributed by atoms with E-state index in [9.17, 15) is 24.5 Å². The average Bonchev–Trinajstić information content (AvgIpc) is 2.71. The van der Waals surface area contributed by atoms with E-state index in [4.69, 9.17) is 10.5 Å². The quantitative estimate of drug-likeness (QED) is 0.302. The highest BCUT2D eigenvalue weighted by Crippen LogP contribution is 2.30. The standard InChI is InChI=1S/C19H19N3O6S/c1-12(19(25)21(2)14-6-4-3-5-7-14)28-17(23)11-29-16-9-8-13(18(20)24)10-15(16)22(26)27/h3-10,12H,11H2,1-2H3,(H2,20,24)/t12-/m1/s1. The molecule has 2 aromatic rings. The van der Waals surface area contributed by atoms with Crippen molar-refractivity contribution in [2.24, 2.45) is 5.73 Å². The molecule has 0 heterocycles. The first kappa shape index (κ1) is 21.9. The first-order valence-corrected chi connectivity index (χ1v) is 9.42. The van der Waals surface area contributed by atoms with Crippen LogP contribution >= 0.6 is 11.8 Å². The number of para-hydroxylation sites is 1. The van der Waals surface area contributed by atoms with E-state index >= 15 is 0 Å². The third kappa shape index (κ3) is 5.79. The van der Waals surface area contributed by atoms with Gasteiger partial charge in [-0.05, 0) is 31.2 Å². The molecule has 0 aliphatic heterocycles. The van der Waals surface area contributed by atoms with Gasteiger partial charge in [-0.3, -0.25) is 24.5 Å². The summed E-state index contributed by atoms with van der Waals surface area (Å²) in [5.74, 6) is -2.15. The second-order valence-electron chi connectivity index (χ2n) is 5.96. The summed E-state index contributed by atoms with van der Waals surface area (Å²) in [4.78, 5) is 47.8. The highest BCUT2D eigenvalue weighted by molar-refractivity contribution is 8.00. The topological polar surface area (TPSA) is 133 Å². The number of rotatable bonds is 8. The number of likely N-dealkylation sites (N-methyl/N-ethyl adjacent to an activating group) is 1. The number of esters is 1. The number of nitrogens with zero attached hydrogens (tertiary/aromatic N) is 2. The van der Waals surface area contributed by atoms with Crippen molar-refractivity contribution >= 4 is 40.9 Å². The van der Waals surface area contributed by atoms with Gasteiger partial charge < -0.3 is 15.4 Å². The summed E-state index contributed by atoms with van der Waals surface area (Å²) in [6, 6.07) is 12.6. The molecule has 0 radical (unpaired) electrons. The van der Waals surface area contributed by atoms with Crippen LogP contribution in [0.4, 0.5) is 11.4 Å². The first-order chi connectivity index (χ1) is 13.7. The molecule has 152 valence electrons. The van der Waals surface area contributed by atoms with Crippen molar-refractivity contribution in [1.82, 2.24) is 0 Å². The van der Waals surface area contributed by atoms with E-state index in [1.165, 1.54) is 24.0 Å². The van der Waals surface area contributed by atoms with Gasteiger partial charge in [0, 0.05) is 24.4 Å². The molecule has 0 fully saturated rings. The van der Waals surface area contributed by atoms with E-state index in [0.29, 0.717) is 5.69 Å². The number of thioether (sulfide) groups is 1. The Bertz CT molecular complexity index is 935. The SMILES string of the molecule is C[C@@H](OC(=O)CSc1ccc(C(N)=O)cc1[N+](=O)[O-])C(=O)N(C)c1ccccc1. The van der Waals surface area contributed by atoms with Gasteiger partial charge in [-0.2, -0.15) is 0 Å². The Morgan fingerprint density at radius 2 is 1.86 bits per heavy atom. The largest absolute Gasteiger partial charge is 0.452 e. The number of hydrogen-bond donors (Lipinski definition) is 1. The second-order valence-corrected chi connectivity index (χ2v) is 6.97. The van der Waals surface area contributed by atoms with Gasteiger partial charge in [0.05, 0.1) is 15.6 Å². The third-order valence-corrected chi connectivity index (χ3v) is 4.95. The smallest absolute Gasteiger partial charge is 0.317 e. The molecule has 1 atom stereocenters. The van der Waals surface area contributed by atoms with Crippen molar-refractivity contribution in [1.29, 1.82) is 0 Å². The lowest BCUT2D eigenvalue weighted by molar-refractivity contribution is -0.387. The number of anilines is 1. The maximum Gasteiger partial charge on any atom is 0.317 e. The predicted octanol–water partition coefficient (Wildman–Crippen LogP) is 2.38. The van der Waals surface area contributed by atoms with Gasteiger partial charge in [0.25, 0.3) is 11.6 Å². The molecule has 0 aromatic heterocycles. The van der Waals surface area contributed by atoms with Crippen molar-refractivity contribution < 1.29 is 24.0 Å². The third-order valence-electron chi connectivity index (χ3n) is 3.92. The Labute approximate surface area is 171 Å². The fraction of sp³-hybridized carbons (Fsp3) is 0.211. The number of primary amides is 1. The molecule has 0 unspecified atom stereocenters. The monoisotopic (exact) mass is 417 g/mol. The number of carbonyl (C=O) groups is 3. The Kier molecular flexibility index (Phi) is 7.32. The molecule has 9 nitrogen and oxygen atoms in total. The number of nitro groups is 1. The molecule has 2 aromatic carbocycles. The Hall–Kier alpha value is -3.40. The minimum atomic E-state index is -1.03. The normalized spacial score (nSPS) is 11.4. The number of nitrogens with two attached hydrogens (primary N) is 1. The van der Waals surface area contributed by atoms with E-state index in [1.54, 1.807) is 31.3 Å². The highest BCUT2D eigenvalue weighted by Gasteiger charge is 2.23. The van der Waals surface area contributed by atoms with Crippen molar-refractivity contribution in [2.75, 3.05) is 17.7 Å². The molecule has 29 heavy (non-hydrogen) atoms. The van der Waals surface area contributed by atoms with Crippen LogP contribution in [0, 0.1) is 10.1 Å². The van der Waals surface area contributed by atoms with Crippen LogP contribution in [-0.4, -0.2) is 41.6 Å². The number of amides is 2. The Morgan fingerprint density at radius 3 is 2.45 bits per heavy atom. The molecule has 2 rings (SSSR count). The summed E-state index contributed by atoms with van der Waals surface area (Å²) in [5, 5.41) is 11.2. The number of hydrogen-bond acceptors (Lipinski definition) is 7. The number of benzene rings is 2. The van der Waals surface area contributed by atoms with Crippen molar-refractivity contribution in [3.8, 4) is 0 Å². The van der Waals surface area contributed by atoms with Crippen LogP contribution in [0.15, 0.2) is 53.4 Å². The van der Waals surface area contributed by atoms with Crippen LogP contribution in [0.5, 0.6) is 0 Å². The van der Waals surface area contributed by atoms with Gasteiger partial charge in [0.1, 0.15) is 0 Å². The molecule has 2 N–H and O–H groups in total. The number of nitro benzene ring substituents is 1. The Morgan fingerprint density at radius 1 is 1.21 bits per heavy atom. The maximum absolute atomic E-state index is 12.4. The van der Waals surface area contributed by atoms with Gasteiger partial charge in [0.2, 0.25) is 5.91 Å². The van der Waals surface area contributed by atoms with Crippen molar-refractivity contribution in [2.45, 2.75) is 17.9 Å². The van der Waals surface area contributed by atoms with Crippen molar-refractivity contribution in [3.05, 3.63) is 64.2 Å². The minimum Gasteiger partial charge on any atom is -0.452 e. The zero-order chi connectivity index (χ0) is 21.6. The van der Waals surface area contributed by atoms with Gasteiger partial charge >= 0.3 is 5.97 Å². The zero-order valence-electron chi connectivity index (χ0n) is 15.7. The van der Waals surface area contributed by atoms with Gasteiger partial charge in [-0.1, -0.05) is 18.2 Å². The molecule has 10 heteroatoms. The van der Waals surface area contributed by atoms with Gasteiger partial charge in [-0.15, -0.1) is 11.8 Å². The first-order valence-electron chi connectivity index (χ1n) is 8.44. The molecular formula is C19H19N3O6S. The highest BCUT2D eigenvalue weighted by atomic mass is 32.2. The van der Waals surface area contributed by atoms with E-state index in [-0.39, 0.29) is 21.9 Å². The summed E-state index contributed by atoms with van der Waals surface area (Å²) in [7, 11) is 1.57. The molecule has 0 saturated carbocycles. The van der Waals surface area contributed by atoms with Crippen LogP contribution < -0.4 is 10.6 Å². The molecule has 0 saturated heterocycles. The Balaban J connectivity index is 1.98. The number of carbonyl (C=O) groups excluding carboxylic acids is 3. The van der Waals surface area contributed by atoms with Gasteiger partial charge in [-0.25, -0.2) is 0 Å². The van der Waals surface area contributed by atoms with E-state index in [1.807, 2.05) is 6.07 Å². The summed E-state index contributed by atoms with van der Waals surface area (Å²) in [5.41, 5.74) is 5.43. The number of ether oxygens (including phenoxy) is 1. The predicted molar refractivity (Wildman–Crippen MR) is 108 cm³/mol. The van der Waals surface area contributed by atoms with E-state index < -0.39 is 28.8 Å². The van der Waals surface area contributed by atoms with Crippen LogP contribution in [-0.2, 0) is 14.3 Å². The molecule has 0 spiro atoms. The van der Waals surface area contributed by atoms with Crippen LogP contribution in [0.25, 0.3) is 0 Å². The lowest BCUT2D eigenvalue weighted by Crippen LogP contribution is -2.37. The van der Waals surface area contributed by atoms with E-state index in [0.717, 1.165) is 17.8 Å². The summed E-state index contributed by atoms with van der Waals surface area (Å²) < 4.78 is 5.14. The zero-order valence-corrected chi connectivity index (χ0v) is 16.5. The summed E-state index contributed by atoms with van der Waals surface area (Å²) in [6.07, 6.45) is -1.03. The fourth-order valence-corrected chi connectivity index (χ4v) is 3.19. The van der Waals surface area contributed by atoms with Gasteiger partial charge in [0.15, 0.2) is 6.10 Å². The lowest BCUT2D eigenvalue weighted by atomic mass is 10.2. The van der Waals surface area contributed by atoms with Crippen LogP contribution in [0.1, 0.15) is 17.3 Å². The average molecular weight is 417 g/mol. The fourth-order valence-electron chi connectivity index (χ4n) is 2.41. The summed E-state index contributed by atoms with van der Waals surface area (Å²) >= 11 is 0.869. The molecular weight excluding hydrogens is 398 g/mol. The van der Waals surface area contributed by atoms with Crippen LogP contribution in [0.3, 0.4) is 0 Å². The van der Waals surface area contributed by atoms with Crippen molar-refractivity contribution in [3.63, 3.8) is 0 Å². The maximum atomic E-state index is 12.4. The van der Waals surface area contributed by atoms with Crippen LogP contribution in [0.2, 0.25) is 0 Å².